The van der Waals surface area contributed by atoms with E-state index in [0.717, 1.165) is 5.56 Å². The van der Waals surface area contributed by atoms with Gasteiger partial charge in [0.25, 0.3) is 0 Å². The van der Waals surface area contributed by atoms with Crippen LogP contribution in [0.15, 0.2) is 42.5 Å². The summed E-state index contributed by atoms with van der Waals surface area (Å²) in [5.74, 6) is -0.868. The summed E-state index contributed by atoms with van der Waals surface area (Å²) in [5.41, 5.74) is 0.961. The third-order valence-corrected chi connectivity index (χ3v) is 3.78. The summed E-state index contributed by atoms with van der Waals surface area (Å²) in [4.78, 5) is 22.5. The van der Waals surface area contributed by atoms with Gasteiger partial charge in [-0.05, 0) is 0 Å². The molecule has 2 aliphatic heterocycles. The van der Waals surface area contributed by atoms with E-state index in [2.05, 4.69) is 0 Å². The topological polar surface area (TPSA) is 61.8 Å². The predicted octanol–water partition coefficient (Wildman–Crippen LogP) is 1.97. The van der Waals surface area contributed by atoms with Gasteiger partial charge in [-0.25, -0.2) is 0 Å². The Bertz CT molecular complexity index is 580. The van der Waals surface area contributed by atoms with E-state index < -0.39 is 24.0 Å². The molecule has 116 valence electrons. The van der Waals surface area contributed by atoms with Crippen LogP contribution < -0.4 is 0 Å². The average molecular weight is 302 g/mol. The van der Waals surface area contributed by atoms with E-state index in [1.54, 1.807) is 6.08 Å². The maximum absolute atomic E-state index is 11.5. The van der Waals surface area contributed by atoms with Crippen LogP contribution in [0.5, 0.6) is 0 Å². The molecule has 4 atom stereocenters. The molecule has 0 unspecified atom stereocenters. The van der Waals surface area contributed by atoms with Gasteiger partial charge >= 0.3 is 0 Å². The number of rotatable bonds is 4. The second-order valence-corrected chi connectivity index (χ2v) is 5.46. The van der Waals surface area contributed by atoms with E-state index in [-0.39, 0.29) is 18.6 Å². The smallest absolute Gasteiger partial charge is 0.200 e. The highest BCUT2D eigenvalue weighted by molar-refractivity contribution is 6.36. The van der Waals surface area contributed by atoms with Gasteiger partial charge in [0.05, 0.1) is 12.7 Å². The SMILES string of the molecule is CC(=O)C(=O)C[C@@H]1C=C[C@@H]2O[C@H](c3ccccc3)OC[C@H]2O1. The van der Waals surface area contributed by atoms with E-state index in [9.17, 15) is 9.59 Å². The van der Waals surface area contributed by atoms with Crippen LogP contribution in [-0.4, -0.2) is 36.5 Å². The highest BCUT2D eigenvalue weighted by atomic mass is 16.7. The number of ketones is 2. The second-order valence-electron chi connectivity index (χ2n) is 5.46. The first-order chi connectivity index (χ1) is 10.6. The first kappa shape index (κ1) is 15.1. The summed E-state index contributed by atoms with van der Waals surface area (Å²) in [6, 6.07) is 9.71. The number of ether oxygens (including phenoxy) is 3. The zero-order valence-electron chi connectivity index (χ0n) is 12.3. The van der Waals surface area contributed by atoms with Crippen LogP contribution in [0.25, 0.3) is 0 Å². The zero-order valence-corrected chi connectivity index (χ0v) is 12.3. The van der Waals surface area contributed by atoms with Gasteiger partial charge in [-0.3, -0.25) is 9.59 Å². The molecule has 1 aromatic rings. The first-order valence-corrected chi connectivity index (χ1v) is 7.33. The second kappa shape index (κ2) is 6.52. The van der Waals surface area contributed by atoms with Crippen molar-refractivity contribution in [3.05, 3.63) is 48.0 Å². The quantitative estimate of drug-likeness (QED) is 0.628. The lowest BCUT2D eigenvalue weighted by Crippen LogP contribution is -2.45. The highest BCUT2D eigenvalue weighted by Crippen LogP contribution is 2.31. The molecule has 0 spiro atoms. The van der Waals surface area contributed by atoms with Gasteiger partial charge in [0.1, 0.15) is 12.2 Å². The molecule has 2 heterocycles. The summed E-state index contributed by atoms with van der Waals surface area (Å²) in [6.07, 6.45) is 2.48. The molecule has 0 bridgehead atoms. The van der Waals surface area contributed by atoms with Crippen LogP contribution in [0.1, 0.15) is 25.2 Å². The summed E-state index contributed by atoms with van der Waals surface area (Å²) in [7, 11) is 0. The van der Waals surface area contributed by atoms with Crippen molar-refractivity contribution >= 4 is 11.6 Å². The minimum absolute atomic E-state index is 0.0666. The van der Waals surface area contributed by atoms with Crippen molar-refractivity contribution in [2.75, 3.05) is 6.61 Å². The first-order valence-electron chi connectivity index (χ1n) is 7.33. The molecule has 3 rings (SSSR count). The molecule has 0 N–H and O–H groups in total. The fraction of sp³-hybridized carbons (Fsp3) is 0.412. The molecule has 0 amide bonds. The number of hydrogen-bond donors (Lipinski definition) is 0. The number of carbonyl (C=O) groups is 2. The van der Waals surface area contributed by atoms with Crippen molar-refractivity contribution in [2.45, 2.75) is 37.9 Å². The van der Waals surface area contributed by atoms with Crippen molar-refractivity contribution in [2.24, 2.45) is 0 Å². The Morgan fingerprint density at radius 2 is 1.91 bits per heavy atom. The van der Waals surface area contributed by atoms with Gasteiger partial charge in [-0.15, -0.1) is 0 Å². The Kier molecular flexibility index (Phi) is 4.47. The lowest BCUT2D eigenvalue weighted by Gasteiger charge is -2.39. The molecule has 0 radical (unpaired) electrons. The number of benzene rings is 1. The molecule has 2 aliphatic rings. The lowest BCUT2D eigenvalue weighted by molar-refractivity contribution is -0.262. The van der Waals surface area contributed by atoms with Gasteiger partial charge in [0, 0.05) is 18.9 Å². The number of hydrogen-bond acceptors (Lipinski definition) is 5. The standard InChI is InChI=1S/C17H18O5/c1-11(18)14(19)9-13-7-8-15-16(21-13)10-20-17(22-15)12-5-3-2-4-6-12/h2-8,13,15-17H,9-10H2,1H3/t13-,15-,16+,17+/m0/s1. The molecule has 1 aromatic carbocycles. The van der Waals surface area contributed by atoms with Crippen molar-refractivity contribution in [1.82, 2.24) is 0 Å². The lowest BCUT2D eigenvalue weighted by atomic mass is 10.0. The van der Waals surface area contributed by atoms with Gasteiger partial charge in [-0.1, -0.05) is 42.5 Å². The zero-order chi connectivity index (χ0) is 15.5. The van der Waals surface area contributed by atoms with Crippen molar-refractivity contribution in [3.63, 3.8) is 0 Å². The molecule has 0 saturated carbocycles. The Hall–Kier alpha value is -1.82. The molecule has 1 saturated heterocycles. The summed E-state index contributed by atoms with van der Waals surface area (Å²) in [6.45, 7) is 1.66. The van der Waals surface area contributed by atoms with E-state index in [4.69, 9.17) is 14.2 Å². The number of carbonyl (C=O) groups excluding carboxylic acids is 2. The Morgan fingerprint density at radius 3 is 2.64 bits per heavy atom. The molecular formula is C17H18O5. The van der Waals surface area contributed by atoms with E-state index in [1.165, 1.54) is 6.92 Å². The molecule has 5 heteroatoms. The number of fused-ring (bicyclic) bond motifs is 1. The molecular weight excluding hydrogens is 284 g/mol. The molecule has 0 aliphatic carbocycles. The fourth-order valence-electron chi connectivity index (χ4n) is 2.56. The third-order valence-electron chi connectivity index (χ3n) is 3.78. The van der Waals surface area contributed by atoms with Crippen molar-refractivity contribution in [1.29, 1.82) is 0 Å². The van der Waals surface area contributed by atoms with Crippen LogP contribution >= 0.6 is 0 Å². The van der Waals surface area contributed by atoms with Gasteiger partial charge in [0.15, 0.2) is 12.1 Å². The maximum Gasteiger partial charge on any atom is 0.200 e. The van der Waals surface area contributed by atoms with Crippen molar-refractivity contribution in [3.8, 4) is 0 Å². The number of Topliss-reactive ketones (excluding diaryl/α,β-unsaturated/α-hetero) is 2. The van der Waals surface area contributed by atoms with Crippen LogP contribution in [0.4, 0.5) is 0 Å². The Balaban J connectivity index is 1.63. The Morgan fingerprint density at radius 1 is 1.14 bits per heavy atom. The summed E-state index contributed by atoms with van der Waals surface area (Å²) >= 11 is 0. The van der Waals surface area contributed by atoms with E-state index in [1.807, 2.05) is 36.4 Å². The largest absolute Gasteiger partial charge is 0.365 e. The van der Waals surface area contributed by atoms with Crippen LogP contribution in [0.2, 0.25) is 0 Å². The van der Waals surface area contributed by atoms with Crippen LogP contribution in [0.3, 0.4) is 0 Å². The minimum atomic E-state index is -0.445. The molecule has 1 fully saturated rings. The average Bonchev–Trinajstić information content (AvgIpc) is 2.55. The molecule has 22 heavy (non-hydrogen) atoms. The van der Waals surface area contributed by atoms with Crippen LogP contribution in [-0.2, 0) is 23.8 Å². The van der Waals surface area contributed by atoms with E-state index in [0.29, 0.717) is 6.61 Å². The molecule has 0 aromatic heterocycles. The normalized spacial score (nSPS) is 30.6. The van der Waals surface area contributed by atoms with Gasteiger partial charge < -0.3 is 14.2 Å². The van der Waals surface area contributed by atoms with Crippen LogP contribution in [0, 0.1) is 0 Å². The predicted molar refractivity (Wildman–Crippen MR) is 78.1 cm³/mol. The summed E-state index contributed by atoms with van der Waals surface area (Å²) < 4.78 is 17.4. The fourth-order valence-corrected chi connectivity index (χ4v) is 2.56. The Labute approximate surface area is 128 Å². The van der Waals surface area contributed by atoms with Crippen molar-refractivity contribution < 1.29 is 23.8 Å². The van der Waals surface area contributed by atoms with E-state index >= 15 is 0 Å². The van der Waals surface area contributed by atoms with Gasteiger partial charge in [-0.2, -0.15) is 0 Å². The third kappa shape index (κ3) is 3.32. The maximum atomic E-state index is 11.5. The van der Waals surface area contributed by atoms with Gasteiger partial charge in [0.2, 0.25) is 5.78 Å². The monoisotopic (exact) mass is 302 g/mol. The highest BCUT2D eigenvalue weighted by Gasteiger charge is 2.36. The minimum Gasteiger partial charge on any atom is -0.365 e. The molecule has 5 nitrogen and oxygen atoms in total. The summed E-state index contributed by atoms with van der Waals surface area (Å²) in [5, 5.41) is 0.